The van der Waals surface area contributed by atoms with Crippen LogP contribution < -0.4 is 15.8 Å². The summed E-state index contributed by atoms with van der Waals surface area (Å²) in [4.78, 5) is 20.6. The van der Waals surface area contributed by atoms with Gasteiger partial charge in [0.1, 0.15) is 5.75 Å². The first-order valence-electron chi connectivity index (χ1n) is 10.7. The van der Waals surface area contributed by atoms with Gasteiger partial charge in [-0.1, -0.05) is 12.1 Å². The van der Waals surface area contributed by atoms with E-state index in [1.807, 2.05) is 12.1 Å². The topological polar surface area (TPSA) is 83.2 Å². The number of nitrogens with two attached hydrogens (primary N) is 1. The summed E-state index contributed by atoms with van der Waals surface area (Å²) in [6.07, 6.45) is 3.97. The number of methoxy groups -OCH3 is 1. The van der Waals surface area contributed by atoms with Gasteiger partial charge in [-0.05, 0) is 69.9 Å². The third kappa shape index (κ3) is 7.93. The van der Waals surface area contributed by atoms with E-state index < -0.39 is 0 Å². The Labute approximate surface area is 175 Å². The van der Waals surface area contributed by atoms with Gasteiger partial charge in [0.05, 0.1) is 7.11 Å². The molecule has 0 unspecified atom stereocenters. The van der Waals surface area contributed by atoms with E-state index in [9.17, 15) is 4.79 Å². The molecule has 1 heterocycles. The van der Waals surface area contributed by atoms with E-state index in [0.29, 0.717) is 0 Å². The molecule has 7 nitrogen and oxygen atoms in total. The molecule has 0 saturated carbocycles. The number of hydrogen-bond acceptors (Lipinski definition) is 4. The van der Waals surface area contributed by atoms with E-state index in [0.717, 1.165) is 76.7 Å². The Morgan fingerprint density at radius 3 is 2.55 bits per heavy atom. The maximum Gasteiger partial charge on any atom is 0.220 e. The first-order valence-corrected chi connectivity index (χ1v) is 10.7. The highest BCUT2D eigenvalue weighted by atomic mass is 16.5. The smallest absolute Gasteiger partial charge is 0.220 e. The number of amides is 1. The molecular formula is C22H37N5O2. The molecular weight excluding hydrogens is 366 g/mol. The molecule has 3 N–H and O–H groups in total. The normalized spacial score (nSPS) is 15.9. The zero-order valence-corrected chi connectivity index (χ0v) is 18.2. The molecule has 1 aliphatic heterocycles. The summed E-state index contributed by atoms with van der Waals surface area (Å²) in [7, 11) is 3.74. The second kappa shape index (κ2) is 12.3. The lowest BCUT2D eigenvalue weighted by atomic mass is 9.96. The fourth-order valence-corrected chi connectivity index (χ4v) is 3.62. The third-order valence-corrected chi connectivity index (χ3v) is 5.41. The van der Waals surface area contributed by atoms with Gasteiger partial charge in [0.2, 0.25) is 5.91 Å². The summed E-state index contributed by atoms with van der Waals surface area (Å²) < 4.78 is 5.22. The highest BCUT2D eigenvalue weighted by molar-refractivity contribution is 5.79. The number of hydrogen-bond donors (Lipinski definition) is 2. The van der Waals surface area contributed by atoms with Gasteiger partial charge >= 0.3 is 0 Å². The Bertz CT molecular complexity index is 639. The van der Waals surface area contributed by atoms with Crippen LogP contribution in [0.1, 0.15) is 38.2 Å². The van der Waals surface area contributed by atoms with Crippen molar-refractivity contribution in [2.24, 2.45) is 16.6 Å². The van der Waals surface area contributed by atoms with Crippen molar-refractivity contribution in [3.8, 4) is 5.75 Å². The van der Waals surface area contributed by atoms with Crippen LogP contribution in [0.2, 0.25) is 0 Å². The molecule has 0 atom stereocenters. The van der Waals surface area contributed by atoms with Crippen molar-refractivity contribution in [1.82, 2.24) is 15.1 Å². The number of carbonyl (C=O) groups is 1. The highest BCUT2D eigenvalue weighted by Gasteiger charge is 2.22. The molecule has 0 radical (unpaired) electrons. The van der Waals surface area contributed by atoms with Crippen LogP contribution in [0.3, 0.4) is 0 Å². The van der Waals surface area contributed by atoms with Crippen LogP contribution in [-0.2, 0) is 11.3 Å². The Kier molecular flexibility index (Phi) is 9.77. The number of rotatable bonds is 10. The molecule has 29 heavy (non-hydrogen) atoms. The second-order valence-corrected chi connectivity index (χ2v) is 7.67. The highest BCUT2D eigenvalue weighted by Crippen LogP contribution is 2.17. The number of ether oxygens (including phenoxy) is 1. The van der Waals surface area contributed by atoms with Crippen molar-refractivity contribution in [2.45, 2.75) is 39.2 Å². The Morgan fingerprint density at radius 1 is 1.28 bits per heavy atom. The lowest BCUT2D eigenvalue weighted by Crippen LogP contribution is -2.39. The van der Waals surface area contributed by atoms with Crippen molar-refractivity contribution in [3.05, 3.63) is 29.8 Å². The molecule has 0 spiro atoms. The minimum Gasteiger partial charge on any atom is -0.497 e. The van der Waals surface area contributed by atoms with Gasteiger partial charge in [0.25, 0.3) is 0 Å². The summed E-state index contributed by atoms with van der Waals surface area (Å²) in [6.45, 7) is 7.57. The molecule has 0 aromatic heterocycles. The van der Waals surface area contributed by atoms with Gasteiger partial charge in [0, 0.05) is 32.6 Å². The lowest BCUT2D eigenvalue weighted by molar-refractivity contribution is -0.123. The maximum atomic E-state index is 11.2. The van der Waals surface area contributed by atoms with E-state index in [1.165, 1.54) is 5.56 Å². The van der Waals surface area contributed by atoms with Crippen LogP contribution >= 0.6 is 0 Å². The number of benzene rings is 1. The summed E-state index contributed by atoms with van der Waals surface area (Å²) in [5.41, 5.74) is 6.62. The number of aliphatic imine (C=N–C) groups is 1. The molecule has 1 saturated heterocycles. The average Bonchev–Trinajstić information content (AvgIpc) is 2.73. The lowest BCUT2D eigenvalue weighted by Gasteiger charge is -2.30. The Hall–Kier alpha value is -2.28. The summed E-state index contributed by atoms with van der Waals surface area (Å²) >= 11 is 0. The van der Waals surface area contributed by atoms with Crippen molar-refractivity contribution in [1.29, 1.82) is 0 Å². The summed E-state index contributed by atoms with van der Waals surface area (Å²) in [5.74, 6) is 1.73. The van der Waals surface area contributed by atoms with Crippen molar-refractivity contribution < 1.29 is 9.53 Å². The molecule has 0 aliphatic carbocycles. The van der Waals surface area contributed by atoms with Crippen molar-refractivity contribution in [3.63, 3.8) is 0 Å². The van der Waals surface area contributed by atoms with Gasteiger partial charge in [-0.3, -0.25) is 9.79 Å². The number of likely N-dealkylation sites (tertiary alicyclic amines) is 1. The van der Waals surface area contributed by atoms with Crippen LogP contribution in [0.4, 0.5) is 0 Å². The number of nitrogens with zero attached hydrogens (tertiary/aromatic N) is 3. The number of nitrogens with one attached hydrogen (secondary N) is 1. The second-order valence-electron chi connectivity index (χ2n) is 7.67. The van der Waals surface area contributed by atoms with Crippen molar-refractivity contribution in [2.75, 3.05) is 46.9 Å². The monoisotopic (exact) mass is 403 g/mol. The SMILES string of the molecule is CCNC(=NCCCCN1CCC(C(N)=O)CC1)N(C)Cc1ccc(OC)cc1. The van der Waals surface area contributed by atoms with Crippen LogP contribution in [0, 0.1) is 5.92 Å². The van der Waals surface area contributed by atoms with Crippen LogP contribution in [0.15, 0.2) is 29.3 Å². The predicted octanol–water partition coefficient (Wildman–Crippen LogP) is 2.07. The molecule has 1 aliphatic rings. The van der Waals surface area contributed by atoms with E-state index in [-0.39, 0.29) is 11.8 Å². The molecule has 1 aromatic rings. The van der Waals surface area contributed by atoms with E-state index in [1.54, 1.807) is 7.11 Å². The third-order valence-electron chi connectivity index (χ3n) is 5.41. The zero-order chi connectivity index (χ0) is 21.1. The minimum atomic E-state index is -0.145. The Morgan fingerprint density at radius 2 is 1.97 bits per heavy atom. The fraction of sp³-hybridized carbons (Fsp3) is 0.636. The van der Waals surface area contributed by atoms with E-state index in [4.69, 9.17) is 15.5 Å². The van der Waals surface area contributed by atoms with Gasteiger partial charge in [0.15, 0.2) is 5.96 Å². The molecule has 1 amide bonds. The quantitative estimate of drug-likeness (QED) is 0.355. The predicted molar refractivity (Wildman–Crippen MR) is 118 cm³/mol. The van der Waals surface area contributed by atoms with Crippen molar-refractivity contribution >= 4 is 11.9 Å². The Balaban J connectivity index is 1.72. The number of piperidine rings is 1. The molecule has 1 fully saturated rings. The number of unbranched alkanes of at least 4 members (excludes halogenated alkanes) is 1. The van der Waals surface area contributed by atoms with E-state index >= 15 is 0 Å². The summed E-state index contributed by atoms with van der Waals surface area (Å²) in [5, 5.41) is 3.38. The average molecular weight is 404 g/mol. The number of guanidine groups is 1. The van der Waals surface area contributed by atoms with Gasteiger partial charge in [-0.2, -0.15) is 0 Å². The van der Waals surface area contributed by atoms with E-state index in [2.05, 4.69) is 41.2 Å². The minimum absolute atomic E-state index is 0.0692. The summed E-state index contributed by atoms with van der Waals surface area (Å²) in [6, 6.07) is 8.14. The molecule has 1 aromatic carbocycles. The van der Waals surface area contributed by atoms with Crippen LogP contribution in [-0.4, -0.2) is 68.5 Å². The molecule has 7 heteroatoms. The van der Waals surface area contributed by atoms with Gasteiger partial charge < -0.3 is 25.6 Å². The zero-order valence-electron chi connectivity index (χ0n) is 18.2. The molecule has 162 valence electrons. The van der Waals surface area contributed by atoms with Gasteiger partial charge in [-0.25, -0.2) is 0 Å². The van der Waals surface area contributed by atoms with Crippen LogP contribution in [0.5, 0.6) is 5.75 Å². The molecule has 2 rings (SSSR count). The number of primary amides is 1. The standard InChI is InChI=1S/C22H37N5O2/c1-4-24-22(26(2)17-18-7-9-20(29-3)10-8-18)25-13-5-6-14-27-15-11-19(12-16-27)21(23)28/h7-10,19H,4-6,11-17H2,1-3H3,(H2,23,28)(H,24,25). The first-order chi connectivity index (χ1) is 14.0. The van der Waals surface area contributed by atoms with Crippen LogP contribution in [0.25, 0.3) is 0 Å². The first kappa shape index (κ1) is 23.0. The largest absolute Gasteiger partial charge is 0.497 e. The molecule has 0 bridgehead atoms. The maximum absolute atomic E-state index is 11.2. The number of carbonyl (C=O) groups excluding carboxylic acids is 1. The van der Waals surface area contributed by atoms with Gasteiger partial charge in [-0.15, -0.1) is 0 Å². The fourth-order valence-electron chi connectivity index (χ4n) is 3.62.